The first-order chi connectivity index (χ1) is 11.2. The van der Waals surface area contributed by atoms with Crippen molar-refractivity contribution in [2.75, 3.05) is 0 Å². The molecule has 0 fully saturated rings. The number of rotatable bonds is 3. The fourth-order valence-electron chi connectivity index (χ4n) is 1.64. The fraction of sp³-hybridized carbons (Fsp3) is 0. The lowest BCUT2D eigenvalue weighted by Gasteiger charge is -2.07. The molecule has 0 amide bonds. The van der Waals surface area contributed by atoms with E-state index in [2.05, 4.69) is 4.74 Å². The standard InChI is InChI=1S/C15H5F7O2/c16-7-3-6(4-8(17)5-7)1-2-9(23)24-15-13(21)11(19)10(18)12(20)14(15)22/h1-5H. The van der Waals surface area contributed by atoms with Crippen molar-refractivity contribution >= 4 is 12.0 Å². The molecule has 0 aliphatic rings. The summed E-state index contributed by atoms with van der Waals surface area (Å²) in [5.74, 6) is -16.9. The van der Waals surface area contributed by atoms with Gasteiger partial charge in [-0.2, -0.15) is 8.78 Å². The molecule has 126 valence electrons. The second-order valence-corrected chi connectivity index (χ2v) is 4.36. The maximum Gasteiger partial charge on any atom is 0.336 e. The first-order valence-corrected chi connectivity index (χ1v) is 6.08. The minimum atomic E-state index is -2.41. The van der Waals surface area contributed by atoms with Crippen molar-refractivity contribution in [3.05, 3.63) is 70.6 Å². The van der Waals surface area contributed by atoms with Crippen LogP contribution in [0.1, 0.15) is 5.56 Å². The molecule has 2 rings (SSSR count). The second-order valence-electron chi connectivity index (χ2n) is 4.36. The van der Waals surface area contributed by atoms with Gasteiger partial charge in [0, 0.05) is 12.1 Å². The van der Waals surface area contributed by atoms with E-state index in [-0.39, 0.29) is 5.56 Å². The topological polar surface area (TPSA) is 26.3 Å². The smallest absolute Gasteiger partial charge is 0.336 e. The first kappa shape index (κ1) is 17.5. The van der Waals surface area contributed by atoms with Crippen molar-refractivity contribution in [3.63, 3.8) is 0 Å². The summed E-state index contributed by atoms with van der Waals surface area (Å²) in [5, 5.41) is 0. The maximum absolute atomic E-state index is 13.3. The summed E-state index contributed by atoms with van der Waals surface area (Å²) in [6.07, 6.45) is 1.31. The summed E-state index contributed by atoms with van der Waals surface area (Å²) in [7, 11) is 0. The third-order valence-corrected chi connectivity index (χ3v) is 2.67. The molecule has 0 aromatic heterocycles. The van der Waals surface area contributed by atoms with E-state index in [9.17, 15) is 35.5 Å². The number of hydrogen-bond acceptors (Lipinski definition) is 2. The predicted octanol–water partition coefficient (Wildman–Crippen LogP) is 4.28. The molecule has 0 aliphatic carbocycles. The Labute approximate surface area is 129 Å². The number of carbonyl (C=O) groups excluding carboxylic acids is 1. The molecular weight excluding hydrogens is 345 g/mol. The number of halogens is 7. The molecule has 0 unspecified atom stereocenters. The molecule has 0 saturated carbocycles. The third kappa shape index (κ3) is 3.55. The molecule has 0 N–H and O–H groups in total. The third-order valence-electron chi connectivity index (χ3n) is 2.67. The minimum absolute atomic E-state index is 0.137. The van der Waals surface area contributed by atoms with Crippen LogP contribution in [0.5, 0.6) is 5.75 Å². The molecule has 0 spiro atoms. The van der Waals surface area contributed by atoms with E-state index in [0.717, 1.165) is 18.2 Å². The van der Waals surface area contributed by atoms with Gasteiger partial charge in [0.1, 0.15) is 11.6 Å². The Morgan fingerprint density at radius 3 is 1.71 bits per heavy atom. The van der Waals surface area contributed by atoms with Crippen LogP contribution in [0.4, 0.5) is 30.7 Å². The van der Waals surface area contributed by atoms with E-state index < -0.39 is 52.4 Å². The van der Waals surface area contributed by atoms with Crippen molar-refractivity contribution in [2.45, 2.75) is 0 Å². The molecule has 0 saturated heterocycles. The van der Waals surface area contributed by atoms with Gasteiger partial charge in [-0.3, -0.25) is 0 Å². The normalized spacial score (nSPS) is 11.1. The van der Waals surface area contributed by atoms with Gasteiger partial charge in [0.05, 0.1) is 0 Å². The molecular formula is C15H5F7O2. The van der Waals surface area contributed by atoms with Crippen LogP contribution in [0.3, 0.4) is 0 Å². The summed E-state index contributed by atoms with van der Waals surface area (Å²) in [4.78, 5) is 11.4. The lowest BCUT2D eigenvalue weighted by molar-refractivity contribution is -0.129. The highest BCUT2D eigenvalue weighted by Crippen LogP contribution is 2.29. The molecule has 0 bridgehead atoms. The summed E-state index contributed by atoms with van der Waals surface area (Å²) in [6, 6.07) is 2.21. The van der Waals surface area contributed by atoms with Gasteiger partial charge in [-0.15, -0.1) is 0 Å². The lowest BCUT2D eigenvalue weighted by atomic mass is 10.2. The van der Waals surface area contributed by atoms with Crippen molar-refractivity contribution < 1.29 is 40.3 Å². The average molecular weight is 350 g/mol. The molecule has 2 aromatic rings. The van der Waals surface area contributed by atoms with Crippen LogP contribution >= 0.6 is 0 Å². The minimum Gasteiger partial charge on any atom is -0.417 e. The van der Waals surface area contributed by atoms with Crippen molar-refractivity contribution in [3.8, 4) is 5.75 Å². The van der Waals surface area contributed by atoms with Gasteiger partial charge >= 0.3 is 5.97 Å². The van der Waals surface area contributed by atoms with E-state index >= 15 is 0 Å². The van der Waals surface area contributed by atoms with Crippen LogP contribution in [0.2, 0.25) is 0 Å². The Morgan fingerprint density at radius 2 is 1.21 bits per heavy atom. The molecule has 9 heteroatoms. The quantitative estimate of drug-likeness (QED) is 0.206. The molecule has 0 aliphatic heterocycles. The van der Waals surface area contributed by atoms with Crippen LogP contribution < -0.4 is 4.74 Å². The Hall–Kier alpha value is -2.84. The monoisotopic (exact) mass is 350 g/mol. The Balaban J connectivity index is 2.26. The van der Waals surface area contributed by atoms with E-state index in [1.54, 1.807) is 0 Å². The van der Waals surface area contributed by atoms with Crippen LogP contribution in [0.15, 0.2) is 24.3 Å². The van der Waals surface area contributed by atoms with E-state index in [1.165, 1.54) is 0 Å². The maximum atomic E-state index is 13.3. The summed E-state index contributed by atoms with van der Waals surface area (Å²) >= 11 is 0. The number of ether oxygens (including phenoxy) is 1. The highest BCUT2D eigenvalue weighted by Gasteiger charge is 2.28. The Bertz CT molecular complexity index is 797. The van der Waals surface area contributed by atoms with E-state index in [1.807, 2.05) is 0 Å². The zero-order chi connectivity index (χ0) is 18.0. The number of hydrogen-bond donors (Lipinski definition) is 0. The van der Waals surface area contributed by atoms with Crippen molar-refractivity contribution in [2.24, 2.45) is 0 Å². The highest BCUT2D eigenvalue weighted by atomic mass is 19.2. The van der Waals surface area contributed by atoms with Crippen LogP contribution in [0.25, 0.3) is 6.08 Å². The Morgan fingerprint density at radius 1 is 0.750 bits per heavy atom. The van der Waals surface area contributed by atoms with Crippen molar-refractivity contribution in [1.29, 1.82) is 0 Å². The molecule has 0 heterocycles. The van der Waals surface area contributed by atoms with E-state index in [0.29, 0.717) is 12.1 Å². The van der Waals surface area contributed by atoms with Gasteiger partial charge in [0.25, 0.3) is 0 Å². The zero-order valence-corrected chi connectivity index (χ0v) is 11.3. The SMILES string of the molecule is O=C(C=Cc1cc(F)cc(F)c1)Oc1c(F)c(F)c(F)c(F)c1F. The van der Waals surface area contributed by atoms with Gasteiger partial charge in [-0.05, 0) is 23.8 Å². The largest absolute Gasteiger partial charge is 0.417 e. The van der Waals surface area contributed by atoms with Crippen LogP contribution in [-0.4, -0.2) is 5.97 Å². The number of esters is 1. The molecule has 2 aromatic carbocycles. The molecule has 0 atom stereocenters. The van der Waals surface area contributed by atoms with Crippen molar-refractivity contribution in [1.82, 2.24) is 0 Å². The molecule has 2 nitrogen and oxygen atoms in total. The summed E-state index contributed by atoms with van der Waals surface area (Å²) < 4.78 is 95.2. The average Bonchev–Trinajstić information content (AvgIpc) is 2.52. The Kier molecular flexibility index (Phi) is 4.91. The van der Waals surface area contributed by atoms with Gasteiger partial charge in [0.2, 0.25) is 34.8 Å². The summed E-state index contributed by atoms with van der Waals surface area (Å²) in [5.41, 5.74) is -0.137. The van der Waals surface area contributed by atoms with Gasteiger partial charge < -0.3 is 4.74 Å². The second kappa shape index (κ2) is 6.73. The zero-order valence-electron chi connectivity index (χ0n) is 11.3. The van der Waals surface area contributed by atoms with Gasteiger partial charge in [-0.25, -0.2) is 26.7 Å². The highest BCUT2D eigenvalue weighted by molar-refractivity contribution is 5.88. The predicted molar refractivity (Wildman–Crippen MR) is 67.3 cm³/mol. The van der Waals surface area contributed by atoms with Crippen LogP contribution in [-0.2, 0) is 4.79 Å². The molecule has 24 heavy (non-hydrogen) atoms. The molecule has 0 radical (unpaired) electrons. The first-order valence-electron chi connectivity index (χ1n) is 6.08. The van der Waals surface area contributed by atoms with Crippen LogP contribution in [0, 0.1) is 40.7 Å². The van der Waals surface area contributed by atoms with E-state index in [4.69, 9.17) is 0 Å². The van der Waals surface area contributed by atoms with Gasteiger partial charge in [-0.1, -0.05) is 0 Å². The number of benzene rings is 2. The summed E-state index contributed by atoms with van der Waals surface area (Å²) in [6.45, 7) is 0. The lowest BCUT2D eigenvalue weighted by Crippen LogP contribution is -2.11. The van der Waals surface area contributed by atoms with Gasteiger partial charge in [0.15, 0.2) is 0 Å². The number of carbonyl (C=O) groups is 1. The fourth-order valence-corrected chi connectivity index (χ4v) is 1.64.